The molecule has 1 rings (SSSR count). The van der Waals surface area contributed by atoms with E-state index in [2.05, 4.69) is 26.1 Å². The minimum absolute atomic E-state index is 0.326. The zero-order valence-electron chi connectivity index (χ0n) is 12.4. The van der Waals surface area contributed by atoms with Crippen molar-refractivity contribution < 1.29 is 9.84 Å². The van der Waals surface area contributed by atoms with Crippen molar-refractivity contribution in [1.29, 1.82) is 0 Å². The molecule has 0 spiro atoms. The maximum Gasteiger partial charge on any atom is 0.115 e. The highest BCUT2D eigenvalue weighted by atomic mass is 16.5. The van der Waals surface area contributed by atoms with Gasteiger partial charge >= 0.3 is 0 Å². The predicted molar refractivity (Wildman–Crippen MR) is 79.5 cm³/mol. The van der Waals surface area contributed by atoms with E-state index in [0.29, 0.717) is 17.7 Å². The van der Waals surface area contributed by atoms with E-state index in [1.54, 1.807) is 12.1 Å². The molecule has 0 radical (unpaired) electrons. The first kappa shape index (κ1) is 16.0. The molecule has 0 bridgehead atoms. The highest BCUT2D eigenvalue weighted by molar-refractivity contribution is 5.26. The number of aromatic hydroxyl groups is 1. The molecule has 1 unspecified atom stereocenters. The van der Waals surface area contributed by atoms with E-state index in [9.17, 15) is 5.11 Å². The van der Waals surface area contributed by atoms with Gasteiger partial charge in [-0.05, 0) is 49.9 Å². The van der Waals surface area contributed by atoms with E-state index >= 15 is 0 Å². The Kier molecular flexibility index (Phi) is 7.53. The summed E-state index contributed by atoms with van der Waals surface area (Å²) < 4.78 is 5.54. The molecular formula is C16H27NO2. The van der Waals surface area contributed by atoms with Gasteiger partial charge in [0.2, 0.25) is 0 Å². The van der Waals surface area contributed by atoms with Crippen LogP contribution < -0.4 is 5.32 Å². The first-order chi connectivity index (χ1) is 9.08. The van der Waals surface area contributed by atoms with Gasteiger partial charge in [-0.15, -0.1) is 0 Å². The molecule has 3 heteroatoms. The van der Waals surface area contributed by atoms with Crippen molar-refractivity contribution in [3.8, 4) is 5.75 Å². The van der Waals surface area contributed by atoms with Gasteiger partial charge in [-0.25, -0.2) is 0 Å². The van der Waals surface area contributed by atoms with Crippen LogP contribution in [0.5, 0.6) is 5.75 Å². The fraction of sp³-hybridized carbons (Fsp3) is 0.625. The van der Waals surface area contributed by atoms with Gasteiger partial charge in [0.05, 0.1) is 0 Å². The first-order valence-corrected chi connectivity index (χ1v) is 7.17. The molecule has 0 aliphatic rings. The minimum atomic E-state index is 0.326. The number of ether oxygens (including phenoxy) is 1. The number of phenolic OH excluding ortho intramolecular Hbond substituents is 1. The topological polar surface area (TPSA) is 41.5 Å². The van der Waals surface area contributed by atoms with Crippen LogP contribution in [0.2, 0.25) is 0 Å². The summed E-state index contributed by atoms with van der Waals surface area (Å²) in [4.78, 5) is 0. The van der Waals surface area contributed by atoms with Gasteiger partial charge in [-0.2, -0.15) is 0 Å². The molecule has 0 amide bonds. The molecule has 2 N–H and O–H groups in total. The number of hydrogen-bond acceptors (Lipinski definition) is 3. The van der Waals surface area contributed by atoms with Gasteiger partial charge in [-0.3, -0.25) is 0 Å². The normalized spacial score (nSPS) is 12.8. The Morgan fingerprint density at radius 1 is 1.16 bits per heavy atom. The molecule has 19 heavy (non-hydrogen) atoms. The van der Waals surface area contributed by atoms with Crippen LogP contribution in [0.25, 0.3) is 0 Å². The molecule has 1 aromatic carbocycles. The summed E-state index contributed by atoms with van der Waals surface area (Å²) in [5.41, 5.74) is 1.24. The second-order valence-electron chi connectivity index (χ2n) is 5.55. The van der Waals surface area contributed by atoms with Crippen LogP contribution in [0.4, 0.5) is 0 Å². The highest BCUT2D eigenvalue weighted by Crippen LogP contribution is 2.11. The van der Waals surface area contributed by atoms with Gasteiger partial charge in [0.1, 0.15) is 5.75 Å². The molecule has 0 heterocycles. The second-order valence-corrected chi connectivity index (χ2v) is 5.55. The van der Waals surface area contributed by atoms with E-state index in [-0.39, 0.29) is 0 Å². The van der Waals surface area contributed by atoms with Crippen LogP contribution in [-0.2, 0) is 11.2 Å². The van der Waals surface area contributed by atoms with Crippen LogP contribution in [-0.4, -0.2) is 30.9 Å². The van der Waals surface area contributed by atoms with E-state index in [1.165, 1.54) is 5.56 Å². The average Bonchev–Trinajstić information content (AvgIpc) is 2.36. The predicted octanol–water partition coefficient (Wildman–Crippen LogP) is 2.98. The summed E-state index contributed by atoms with van der Waals surface area (Å²) in [5, 5.41) is 12.7. The summed E-state index contributed by atoms with van der Waals surface area (Å²) in [6, 6.07) is 7.86. The molecule has 0 aromatic heterocycles. The summed E-state index contributed by atoms with van der Waals surface area (Å²) in [5.74, 6) is 0.938. The van der Waals surface area contributed by atoms with Crippen molar-refractivity contribution in [3.05, 3.63) is 29.8 Å². The molecule has 1 aromatic rings. The Morgan fingerprint density at radius 3 is 2.47 bits per heavy atom. The number of hydrogen-bond donors (Lipinski definition) is 2. The maximum absolute atomic E-state index is 9.22. The van der Waals surface area contributed by atoms with Gasteiger partial charge in [0, 0.05) is 19.3 Å². The molecular weight excluding hydrogens is 238 g/mol. The largest absolute Gasteiger partial charge is 0.508 e. The van der Waals surface area contributed by atoms with Gasteiger partial charge < -0.3 is 15.2 Å². The fourth-order valence-corrected chi connectivity index (χ4v) is 1.90. The lowest BCUT2D eigenvalue weighted by atomic mass is 10.1. The van der Waals surface area contributed by atoms with Crippen molar-refractivity contribution in [3.63, 3.8) is 0 Å². The molecule has 1 atom stereocenters. The smallest absolute Gasteiger partial charge is 0.115 e. The summed E-state index contributed by atoms with van der Waals surface area (Å²) in [7, 11) is 0. The molecule has 0 fully saturated rings. The SMILES string of the molecule is CC(C)COCCCNC(C)Cc1ccc(O)cc1. The minimum Gasteiger partial charge on any atom is -0.508 e. The molecule has 0 aliphatic heterocycles. The maximum atomic E-state index is 9.22. The van der Waals surface area contributed by atoms with Crippen LogP contribution in [0.3, 0.4) is 0 Å². The van der Waals surface area contributed by atoms with Gasteiger partial charge in [0.25, 0.3) is 0 Å². The Morgan fingerprint density at radius 2 is 1.84 bits per heavy atom. The molecule has 0 saturated carbocycles. The van der Waals surface area contributed by atoms with Crippen molar-refractivity contribution in [2.75, 3.05) is 19.8 Å². The third-order valence-corrected chi connectivity index (χ3v) is 2.89. The van der Waals surface area contributed by atoms with E-state index in [0.717, 1.165) is 32.6 Å². The van der Waals surface area contributed by atoms with Crippen LogP contribution in [0.1, 0.15) is 32.8 Å². The van der Waals surface area contributed by atoms with E-state index in [1.807, 2.05) is 12.1 Å². The molecule has 3 nitrogen and oxygen atoms in total. The third-order valence-electron chi connectivity index (χ3n) is 2.89. The monoisotopic (exact) mass is 265 g/mol. The average molecular weight is 265 g/mol. The lowest BCUT2D eigenvalue weighted by Crippen LogP contribution is -2.29. The second kappa shape index (κ2) is 8.94. The number of phenols is 1. The van der Waals surface area contributed by atoms with Crippen molar-refractivity contribution in [2.45, 2.75) is 39.7 Å². The van der Waals surface area contributed by atoms with E-state index in [4.69, 9.17) is 4.74 Å². The third kappa shape index (κ3) is 7.85. The van der Waals surface area contributed by atoms with Crippen molar-refractivity contribution in [2.24, 2.45) is 5.92 Å². The van der Waals surface area contributed by atoms with Crippen LogP contribution in [0, 0.1) is 5.92 Å². The quantitative estimate of drug-likeness (QED) is 0.674. The zero-order chi connectivity index (χ0) is 14.1. The Labute approximate surface area is 117 Å². The standard InChI is InChI=1S/C16H27NO2/c1-13(2)12-19-10-4-9-17-14(3)11-15-5-7-16(18)8-6-15/h5-8,13-14,17-18H,4,9-12H2,1-3H3. The van der Waals surface area contributed by atoms with Crippen molar-refractivity contribution in [1.82, 2.24) is 5.32 Å². The zero-order valence-corrected chi connectivity index (χ0v) is 12.4. The summed E-state index contributed by atoms with van der Waals surface area (Å²) in [6.07, 6.45) is 2.03. The molecule has 0 saturated heterocycles. The lowest BCUT2D eigenvalue weighted by Gasteiger charge is -2.14. The van der Waals surface area contributed by atoms with E-state index < -0.39 is 0 Å². The number of rotatable bonds is 9. The van der Waals surface area contributed by atoms with Gasteiger partial charge in [-0.1, -0.05) is 26.0 Å². The first-order valence-electron chi connectivity index (χ1n) is 7.17. The Hall–Kier alpha value is -1.06. The number of benzene rings is 1. The van der Waals surface area contributed by atoms with Crippen LogP contribution in [0.15, 0.2) is 24.3 Å². The number of nitrogens with one attached hydrogen (secondary N) is 1. The fourth-order valence-electron chi connectivity index (χ4n) is 1.90. The Balaban J connectivity index is 2.08. The summed E-state index contributed by atoms with van der Waals surface area (Å²) in [6.45, 7) is 9.18. The van der Waals surface area contributed by atoms with Crippen LogP contribution >= 0.6 is 0 Å². The Bertz CT molecular complexity index is 335. The van der Waals surface area contributed by atoms with Crippen molar-refractivity contribution >= 4 is 0 Å². The lowest BCUT2D eigenvalue weighted by molar-refractivity contribution is 0.107. The highest BCUT2D eigenvalue weighted by Gasteiger charge is 2.03. The molecule has 0 aliphatic carbocycles. The molecule has 108 valence electrons. The summed E-state index contributed by atoms with van der Waals surface area (Å²) >= 11 is 0. The van der Waals surface area contributed by atoms with Gasteiger partial charge in [0.15, 0.2) is 0 Å².